The third kappa shape index (κ3) is 1.51. The summed E-state index contributed by atoms with van der Waals surface area (Å²) in [4.78, 5) is 0. The van der Waals surface area contributed by atoms with Gasteiger partial charge < -0.3 is 14.6 Å². The molecule has 0 bridgehead atoms. The van der Waals surface area contributed by atoms with Crippen molar-refractivity contribution in [3.05, 3.63) is 12.7 Å². The van der Waals surface area contributed by atoms with Gasteiger partial charge in [-0.15, -0.1) is 6.58 Å². The van der Waals surface area contributed by atoms with Crippen LogP contribution in [-0.2, 0) is 9.47 Å². The summed E-state index contributed by atoms with van der Waals surface area (Å²) >= 11 is 0. The number of aliphatic hydroxyl groups is 1. The van der Waals surface area contributed by atoms with Crippen LogP contribution in [0.15, 0.2) is 12.7 Å². The fraction of sp³-hybridized carbons (Fsp3) is 0.667. The van der Waals surface area contributed by atoms with Crippen LogP contribution < -0.4 is 0 Å². The highest BCUT2D eigenvalue weighted by Crippen LogP contribution is 2.12. The number of aliphatic hydroxyl groups excluding tert-OH is 1. The SMILES string of the molecule is C=CCOC1OCC1O. The first-order valence-corrected chi connectivity index (χ1v) is 2.87. The maximum Gasteiger partial charge on any atom is 0.186 e. The molecule has 0 amide bonds. The van der Waals surface area contributed by atoms with Crippen molar-refractivity contribution in [3.8, 4) is 0 Å². The first-order valence-electron chi connectivity index (χ1n) is 2.87. The summed E-state index contributed by atoms with van der Waals surface area (Å²) in [6.07, 6.45) is 0.766. The molecule has 1 rings (SSSR count). The first kappa shape index (κ1) is 6.74. The fourth-order valence-corrected chi connectivity index (χ4v) is 0.583. The smallest absolute Gasteiger partial charge is 0.186 e. The molecule has 0 aromatic carbocycles. The molecular formula is C6H10O3. The maximum absolute atomic E-state index is 8.85. The molecule has 1 aliphatic heterocycles. The van der Waals surface area contributed by atoms with E-state index in [0.717, 1.165) is 0 Å². The van der Waals surface area contributed by atoms with Crippen molar-refractivity contribution in [1.29, 1.82) is 0 Å². The van der Waals surface area contributed by atoms with E-state index in [0.29, 0.717) is 13.2 Å². The van der Waals surface area contributed by atoms with Crippen LogP contribution in [-0.4, -0.2) is 30.7 Å². The second-order valence-corrected chi connectivity index (χ2v) is 1.89. The lowest BCUT2D eigenvalue weighted by Crippen LogP contribution is -2.46. The minimum absolute atomic E-state index is 0.391. The molecule has 0 saturated carbocycles. The molecule has 52 valence electrons. The summed E-state index contributed by atoms with van der Waals surface area (Å²) in [5, 5.41) is 8.85. The Bertz CT molecular complexity index is 102. The van der Waals surface area contributed by atoms with Crippen LogP contribution in [0.25, 0.3) is 0 Å². The third-order valence-electron chi connectivity index (χ3n) is 1.12. The average molecular weight is 130 g/mol. The molecule has 0 spiro atoms. The predicted octanol–water partition coefficient (Wildman–Crippen LogP) is -0.0938. The number of rotatable bonds is 3. The van der Waals surface area contributed by atoms with Gasteiger partial charge in [0.15, 0.2) is 6.29 Å². The van der Waals surface area contributed by atoms with E-state index in [1.807, 2.05) is 0 Å². The van der Waals surface area contributed by atoms with Crippen molar-refractivity contribution in [1.82, 2.24) is 0 Å². The van der Waals surface area contributed by atoms with Gasteiger partial charge >= 0.3 is 0 Å². The lowest BCUT2D eigenvalue weighted by atomic mass is 10.3. The highest BCUT2D eigenvalue weighted by Gasteiger charge is 2.30. The van der Waals surface area contributed by atoms with E-state index in [1.165, 1.54) is 0 Å². The molecule has 0 radical (unpaired) electrons. The first-order chi connectivity index (χ1) is 4.34. The van der Waals surface area contributed by atoms with Crippen molar-refractivity contribution < 1.29 is 14.6 Å². The Labute approximate surface area is 53.9 Å². The molecule has 2 atom stereocenters. The van der Waals surface area contributed by atoms with Gasteiger partial charge in [0, 0.05) is 0 Å². The highest BCUT2D eigenvalue weighted by atomic mass is 16.7. The Kier molecular flexibility index (Phi) is 2.22. The average Bonchev–Trinajstić information content (AvgIpc) is 1.86. The summed E-state index contributed by atoms with van der Waals surface area (Å²) in [7, 11) is 0. The summed E-state index contributed by atoms with van der Waals surface area (Å²) < 4.78 is 9.77. The summed E-state index contributed by atoms with van der Waals surface area (Å²) in [6.45, 7) is 4.28. The molecule has 3 heteroatoms. The Morgan fingerprint density at radius 3 is 3.00 bits per heavy atom. The van der Waals surface area contributed by atoms with Gasteiger partial charge in [0.25, 0.3) is 0 Å². The molecular weight excluding hydrogens is 120 g/mol. The minimum Gasteiger partial charge on any atom is -0.385 e. The van der Waals surface area contributed by atoms with Crippen LogP contribution >= 0.6 is 0 Å². The van der Waals surface area contributed by atoms with E-state index in [1.54, 1.807) is 6.08 Å². The van der Waals surface area contributed by atoms with Gasteiger partial charge in [-0.3, -0.25) is 0 Å². The topological polar surface area (TPSA) is 38.7 Å². The standard InChI is InChI=1S/C6H10O3/c1-2-3-8-6-5(7)4-9-6/h2,5-7H,1,3-4H2. The zero-order valence-electron chi connectivity index (χ0n) is 5.12. The van der Waals surface area contributed by atoms with Crippen LogP contribution in [0, 0.1) is 0 Å². The Hall–Kier alpha value is -0.380. The lowest BCUT2D eigenvalue weighted by molar-refractivity contribution is -0.278. The van der Waals surface area contributed by atoms with Gasteiger partial charge in [0.1, 0.15) is 6.10 Å². The van der Waals surface area contributed by atoms with Gasteiger partial charge in [-0.05, 0) is 0 Å². The van der Waals surface area contributed by atoms with Crippen LogP contribution in [0.4, 0.5) is 0 Å². The molecule has 1 heterocycles. The van der Waals surface area contributed by atoms with Gasteiger partial charge in [-0.25, -0.2) is 0 Å². The summed E-state index contributed by atoms with van der Waals surface area (Å²) in [5.41, 5.74) is 0. The zero-order chi connectivity index (χ0) is 6.69. The van der Waals surface area contributed by atoms with E-state index in [-0.39, 0.29) is 0 Å². The summed E-state index contributed by atoms with van der Waals surface area (Å²) in [5.74, 6) is 0. The Morgan fingerprint density at radius 1 is 1.89 bits per heavy atom. The molecule has 1 N–H and O–H groups in total. The predicted molar refractivity (Wildman–Crippen MR) is 31.9 cm³/mol. The van der Waals surface area contributed by atoms with Gasteiger partial charge in [0.2, 0.25) is 0 Å². The van der Waals surface area contributed by atoms with Crippen LogP contribution in [0.2, 0.25) is 0 Å². The van der Waals surface area contributed by atoms with E-state index in [2.05, 4.69) is 6.58 Å². The maximum atomic E-state index is 8.85. The molecule has 9 heavy (non-hydrogen) atoms. The quantitative estimate of drug-likeness (QED) is 0.542. The molecule has 1 saturated heterocycles. The molecule has 1 fully saturated rings. The lowest BCUT2D eigenvalue weighted by Gasteiger charge is -2.31. The molecule has 0 aliphatic carbocycles. The number of hydrogen-bond acceptors (Lipinski definition) is 3. The largest absolute Gasteiger partial charge is 0.385 e. The van der Waals surface area contributed by atoms with Gasteiger partial charge in [0.05, 0.1) is 13.2 Å². The molecule has 2 unspecified atom stereocenters. The van der Waals surface area contributed by atoms with Gasteiger partial charge in [-0.1, -0.05) is 6.08 Å². The van der Waals surface area contributed by atoms with Crippen molar-refractivity contribution in [2.45, 2.75) is 12.4 Å². The van der Waals surface area contributed by atoms with Crippen molar-refractivity contribution in [2.75, 3.05) is 13.2 Å². The highest BCUT2D eigenvalue weighted by molar-refractivity contribution is 4.72. The number of ether oxygens (including phenoxy) is 2. The van der Waals surface area contributed by atoms with Crippen LogP contribution in [0.3, 0.4) is 0 Å². The van der Waals surface area contributed by atoms with Crippen molar-refractivity contribution in [2.24, 2.45) is 0 Å². The van der Waals surface area contributed by atoms with Crippen LogP contribution in [0.5, 0.6) is 0 Å². The fourth-order valence-electron chi connectivity index (χ4n) is 0.583. The van der Waals surface area contributed by atoms with E-state index in [9.17, 15) is 0 Å². The molecule has 0 aromatic heterocycles. The van der Waals surface area contributed by atoms with Crippen molar-refractivity contribution >= 4 is 0 Å². The zero-order valence-corrected chi connectivity index (χ0v) is 5.12. The van der Waals surface area contributed by atoms with Gasteiger partial charge in [-0.2, -0.15) is 0 Å². The second kappa shape index (κ2) is 2.96. The molecule has 3 nitrogen and oxygen atoms in total. The van der Waals surface area contributed by atoms with E-state index < -0.39 is 12.4 Å². The molecule has 0 aromatic rings. The summed E-state index contributed by atoms with van der Waals surface area (Å²) in [6, 6.07) is 0. The van der Waals surface area contributed by atoms with Crippen LogP contribution in [0.1, 0.15) is 0 Å². The number of hydrogen-bond donors (Lipinski definition) is 1. The monoisotopic (exact) mass is 130 g/mol. The Morgan fingerprint density at radius 2 is 2.67 bits per heavy atom. The van der Waals surface area contributed by atoms with Crippen molar-refractivity contribution in [3.63, 3.8) is 0 Å². The second-order valence-electron chi connectivity index (χ2n) is 1.89. The minimum atomic E-state index is -0.440. The Balaban J connectivity index is 2.06. The third-order valence-corrected chi connectivity index (χ3v) is 1.12. The van der Waals surface area contributed by atoms with E-state index >= 15 is 0 Å². The molecule has 1 aliphatic rings. The van der Waals surface area contributed by atoms with E-state index in [4.69, 9.17) is 14.6 Å². The normalized spacial score (nSPS) is 33.4.